The highest BCUT2D eigenvalue weighted by Crippen LogP contribution is 2.33. The average Bonchev–Trinajstić information content (AvgIpc) is 3.46. The highest BCUT2D eigenvalue weighted by molar-refractivity contribution is 5.98. The summed E-state index contributed by atoms with van der Waals surface area (Å²) in [6, 6.07) is 18.8. The van der Waals surface area contributed by atoms with E-state index in [1.165, 1.54) is 18.9 Å². The molecule has 0 saturated heterocycles. The first kappa shape index (κ1) is 20.7. The van der Waals surface area contributed by atoms with Gasteiger partial charge in [0.2, 0.25) is 0 Å². The highest BCUT2D eigenvalue weighted by Gasteiger charge is 2.34. The summed E-state index contributed by atoms with van der Waals surface area (Å²) in [5, 5.41) is 9.33. The van der Waals surface area contributed by atoms with Gasteiger partial charge in [-0.2, -0.15) is 0 Å². The van der Waals surface area contributed by atoms with Gasteiger partial charge in [-0.1, -0.05) is 37.1 Å². The maximum atomic E-state index is 13.7. The minimum Gasteiger partial charge on any atom is -0.489 e. The molecule has 1 aliphatic carbocycles. The molecule has 1 aliphatic heterocycles. The molecule has 3 aromatic rings. The van der Waals surface area contributed by atoms with E-state index < -0.39 is 5.82 Å². The number of fused-ring (bicyclic) bond motifs is 1. The van der Waals surface area contributed by atoms with Crippen molar-refractivity contribution in [2.75, 3.05) is 0 Å². The lowest BCUT2D eigenvalue weighted by molar-refractivity contribution is 0.0707. The summed E-state index contributed by atoms with van der Waals surface area (Å²) in [6.45, 7) is 0.728. The number of aliphatic hydroxyl groups is 1. The lowest BCUT2D eigenvalue weighted by Gasteiger charge is -2.23. The van der Waals surface area contributed by atoms with E-state index in [2.05, 4.69) is 0 Å². The Morgan fingerprint density at radius 3 is 2.62 bits per heavy atom. The molecule has 1 heterocycles. The van der Waals surface area contributed by atoms with Crippen molar-refractivity contribution in [3.8, 4) is 16.9 Å². The molecule has 3 aromatic carbocycles. The van der Waals surface area contributed by atoms with E-state index in [0.29, 0.717) is 19.2 Å². The Balaban J connectivity index is 1.29. The first-order chi connectivity index (χ1) is 15.6. The molecule has 5 heteroatoms. The van der Waals surface area contributed by atoms with Crippen molar-refractivity contribution in [3.05, 3.63) is 88.7 Å². The van der Waals surface area contributed by atoms with Crippen LogP contribution in [0.15, 0.2) is 60.7 Å². The number of ether oxygens (including phenoxy) is 1. The van der Waals surface area contributed by atoms with Gasteiger partial charge in [-0.05, 0) is 71.5 Å². The molecule has 2 aliphatic rings. The maximum Gasteiger partial charge on any atom is 0.254 e. The first-order valence-corrected chi connectivity index (χ1v) is 11.2. The monoisotopic (exact) mass is 431 g/mol. The van der Waals surface area contributed by atoms with E-state index in [9.17, 15) is 14.3 Å². The van der Waals surface area contributed by atoms with Gasteiger partial charge in [0.25, 0.3) is 5.91 Å². The van der Waals surface area contributed by atoms with E-state index in [-0.39, 0.29) is 18.1 Å². The molecular weight excluding hydrogens is 405 g/mol. The zero-order valence-corrected chi connectivity index (χ0v) is 17.9. The van der Waals surface area contributed by atoms with Crippen molar-refractivity contribution in [3.63, 3.8) is 0 Å². The van der Waals surface area contributed by atoms with Crippen LogP contribution in [0.4, 0.5) is 4.39 Å². The fraction of sp³-hybridized carbons (Fsp3) is 0.296. The lowest BCUT2D eigenvalue weighted by Crippen LogP contribution is -2.33. The predicted octanol–water partition coefficient (Wildman–Crippen LogP) is 5.46. The molecule has 0 bridgehead atoms. The molecule has 0 radical (unpaired) electrons. The van der Waals surface area contributed by atoms with Gasteiger partial charge in [0.05, 0.1) is 6.61 Å². The van der Waals surface area contributed by atoms with E-state index in [4.69, 9.17) is 4.74 Å². The molecule has 164 valence electrons. The zero-order valence-electron chi connectivity index (χ0n) is 17.9. The van der Waals surface area contributed by atoms with Crippen LogP contribution in [0, 0.1) is 5.82 Å². The number of hydrogen-bond donors (Lipinski definition) is 1. The van der Waals surface area contributed by atoms with E-state index >= 15 is 0 Å². The number of benzene rings is 3. The summed E-state index contributed by atoms with van der Waals surface area (Å²) in [7, 11) is 0. The van der Waals surface area contributed by atoms with Crippen molar-refractivity contribution in [1.82, 2.24) is 4.90 Å². The average molecular weight is 432 g/mol. The lowest BCUT2D eigenvalue weighted by atomic mass is 10.0. The third-order valence-electron chi connectivity index (χ3n) is 6.56. The topological polar surface area (TPSA) is 49.8 Å². The number of halogens is 1. The summed E-state index contributed by atoms with van der Waals surface area (Å²) >= 11 is 0. The smallest absolute Gasteiger partial charge is 0.254 e. The molecule has 4 nitrogen and oxygen atoms in total. The second-order valence-electron chi connectivity index (χ2n) is 8.64. The van der Waals surface area contributed by atoms with Gasteiger partial charge in [-0.15, -0.1) is 0 Å². The van der Waals surface area contributed by atoms with Crippen molar-refractivity contribution >= 4 is 5.91 Å². The third-order valence-corrected chi connectivity index (χ3v) is 6.56. The Labute approximate surface area is 187 Å². The maximum absolute atomic E-state index is 13.7. The number of carbonyl (C=O) groups is 1. The van der Waals surface area contributed by atoms with Crippen LogP contribution in [-0.2, 0) is 19.8 Å². The van der Waals surface area contributed by atoms with Crippen LogP contribution in [0.25, 0.3) is 11.1 Å². The van der Waals surface area contributed by atoms with Gasteiger partial charge in [-0.25, -0.2) is 4.39 Å². The first-order valence-electron chi connectivity index (χ1n) is 11.2. The van der Waals surface area contributed by atoms with Crippen molar-refractivity contribution in [1.29, 1.82) is 0 Å². The minimum absolute atomic E-state index is 0.146. The Hall–Kier alpha value is -3.18. The van der Waals surface area contributed by atoms with Gasteiger partial charge in [-0.3, -0.25) is 4.79 Å². The summed E-state index contributed by atoms with van der Waals surface area (Å²) < 4.78 is 19.7. The SMILES string of the molecule is O=C1c2ccc(OCc3cccc(-c4ccc(F)c(CO)c4)c3)cc2CN1C1CCCC1. The fourth-order valence-electron chi connectivity index (χ4n) is 4.80. The summed E-state index contributed by atoms with van der Waals surface area (Å²) in [5.74, 6) is 0.490. The number of nitrogens with zero attached hydrogens (tertiary/aromatic N) is 1. The fourth-order valence-corrected chi connectivity index (χ4v) is 4.80. The highest BCUT2D eigenvalue weighted by atomic mass is 19.1. The van der Waals surface area contributed by atoms with Crippen LogP contribution in [0.5, 0.6) is 5.75 Å². The number of amides is 1. The Morgan fingerprint density at radius 2 is 1.81 bits per heavy atom. The van der Waals surface area contributed by atoms with Crippen molar-refractivity contribution in [2.45, 2.75) is 51.5 Å². The van der Waals surface area contributed by atoms with Crippen LogP contribution >= 0.6 is 0 Å². The normalized spacial score (nSPS) is 15.9. The molecule has 0 aromatic heterocycles. The van der Waals surface area contributed by atoms with Gasteiger partial charge in [0, 0.05) is 23.7 Å². The molecule has 0 atom stereocenters. The van der Waals surface area contributed by atoms with E-state index in [1.54, 1.807) is 12.1 Å². The molecule has 1 saturated carbocycles. The molecule has 1 amide bonds. The molecule has 0 spiro atoms. The van der Waals surface area contributed by atoms with Crippen molar-refractivity contribution in [2.24, 2.45) is 0 Å². The molecular formula is C27H26FNO3. The van der Waals surface area contributed by atoms with E-state index in [1.807, 2.05) is 47.4 Å². The number of aliphatic hydroxyl groups excluding tert-OH is 1. The van der Waals surface area contributed by atoms with Crippen LogP contribution in [0.3, 0.4) is 0 Å². The summed E-state index contributed by atoms with van der Waals surface area (Å²) in [5.41, 5.74) is 4.89. The molecule has 0 unspecified atom stereocenters. The summed E-state index contributed by atoms with van der Waals surface area (Å²) in [6.07, 6.45) is 4.62. The number of rotatable bonds is 6. The quantitative estimate of drug-likeness (QED) is 0.564. The van der Waals surface area contributed by atoms with Crippen molar-refractivity contribution < 1.29 is 19.0 Å². The molecule has 32 heavy (non-hydrogen) atoms. The van der Waals surface area contributed by atoms with Gasteiger partial charge < -0.3 is 14.7 Å². The van der Waals surface area contributed by atoms with Crippen LogP contribution in [0.1, 0.15) is 52.7 Å². The van der Waals surface area contributed by atoms with Crippen LogP contribution in [-0.4, -0.2) is 22.0 Å². The Bertz CT molecular complexity index is 1150. The van der Waals surface area contributed by atoms with Gasteiger partial charge >= 0.3 is 0 Å². The standard InChI is InChI=1S/C27H26FNO3/c28-26-11-8-20(13-22(26)16-30)19-5-3-4-18(12-19)17-32-24-9-10-25-21(14-24)15-29(27(25)31)23-6-1-2-7-23/h3-5,8-14,23,30H,1-2,6-7,15-17H2. The minimum atomic E-state index is -0.405. The van der Waals surface area contributed by atoms with Crippen LogP contribution in [0.2, 0.25) is 0 Å². The molecule has 5 rings (SSSR count). The second kappa shape index (κ2) is 8.75. The van der Waals surface area contributed by atoms with Crippen LogP contribution < -0.4 is 4.74 Å². The van der Waals surface area contributed by atoms with Gasteiger partial charge in [0.15, 0.2) is 0 Å². The third kappa shape index (κ3) is 4.00. The second-order valence-corrected chi connectivity index (χ2v) is 8.64. The Morgan fingerprint density at radius 1 is 1.00 bits per heavy atom. The predicted molar refractivity (Wildman–Crippen MR) is 121 cm³/mol. The van der Waals surface area contributed by atoms with Gasteiger partial charge in [0.1, 0.15) is 18.2 Å². The van der Waals surface area contributed by atoms with E-state index in [0.717, 1.165) is 46.4 Å². The summed E-state index contributed by atoms with van der Waals surface area (Å²) in [4.78, 5) is 14.8. The number of hydrogen-bond acceptors (Lipinski definition) is 3. The zero-order chi connectivity index (χ0) is 22.1. The largest absolute Gasteiger partial charge is 0.489 e. The molecule has 1 N–H and O–H groups in total. The molecule has 1 fully saturated rings. The number of carbonyl (C=O) groups excluding carboxylic acids is 1. The Kier molecular flexibility index (Phi) is 5.66.